The molecule has 4 nitrogen and oxygen atoms in total. The van der Waals surface area contributed by atoms with Gasteiger partial charge in [-0.25, -0.2) is 4.79 Å². The van der Waals surface area contributed by atoms with Crippen molar-refractivity contribution < 1.29 is 14.4 Å². The molecule has 0 amide bonds. The zero-order valence-corrected chi connectivity index (χ0v) is 6.09. The van der Waals surface area contributed by atoms with Gasteiger partial charge in [-0.05, 0) is 6.92 Å². The molecule has 0 saturated heterocycles. The lowest BCUT2D eigenvalue weighted by Crippen LogP contribution is -2.16. The van der Waals surface area contributed by atoms with Crippen molar-refractivity contribution in [2.45, 2.75) is 13.3 Å². The normalized spacial score (nSPS) is 22.3. The van der Waals surface area contributed by atoms with E-state index in [1.54, 1.807) is 6.92 Å². The molecule has 0 saturated carbocycles. The summed E-state index contributed by atoms with van der Waals surface area (Å²) in [6, 6.07) is 0. The minimum atomic E-state index is -0.391. The number of carbonyl (C=O) groups is 1. The SMILES string of the molecule is CC1=C2C(=O)ON=C2CCO1. The van der Waals surface area contributed by atoms with Crippen LogP contribution in [-0.4, -0.2) is 18.3 Å². The van der Waals surface area contributed by atoms with Crippen molar-refractivity contribution in [1.82, 2.24) is 0 Å². The molecule has 0 N–H and O–H groups in total. The van der Waals surface area contributed by atoms with Crippen molar-refractivity contribution in [3.05, 3.63) is 11.3 Å². The molecule has 0 aromatic heterocycles. The van der Waals surface area contributed by atoms with Crippen LogP contribution in [0.25, 0.3) is 0 Å². The Labute approximate surface area is 63.5 Å². The van der Waals surface area contributed by atoms with Gasteiger partial charge in [0.15, 0.2) is 0 Å². The van der Waals surface area contributed by atoms with Crippen LogP contribution in [0.3, 0.4) is 0 Å². The second-order valence-corrected chi connectivity index (χ2v) is 2.45. The quantitative estimate of drug-likeness (QED) is 0.478. The van der Waals surface area contributed by atoms with E-state index in [0.717, 1.165) is 5.71 Å². The Morgan fingerprint density at radius 3 is 3.09 bits per heavy atom. The van der Waals surface area contributed by atoms with E-state index < -0.39 is 5.97 Å². The molecule has 0 radical (unpaired) electrons. The van der Waals surface area contributed by atoms with Crippen molar-refractivity contribution >= 4 is 11.7 Å². The van der Waals surface area contributed by atoms with Crippen molar-refractivity contribution in [1.29, 1.82) is 0 Å². The molecular formula is C7H7NO3. The molecular weight excluding hydrogens is 146 g/mol. The summed E-state index contributed by atoms with van der Waals surface area (Å²) in [6.07, 6.45) is 0.665. The van der Waals surface area contributed by atoms with E-state index in [4.69, 9.17) is 4.74 Å². The predicted octanol–water partition coefficient (Wildman–Crippen LogP) is 0.594. The maximum absolute atomic E-state index is 10.9. The van der Waals surface area contributed by atoms with Gasteiger partial charge in [-0.15, -0.1) is 0 Å². The molecule has 0 aromatic carbocycles. The van der Waals surface area contributed by atoms with Gasteiger partial charge in [-0.3, -0.25) is 0 Å². The topological polar surface area (TPSA) is 47.9 Å². The third kappa shape index (κ3) is 0.824. The molecule has 0 unspecified atom stereocenters. The van der Waals surface area contributed by atoms with Crippen LogP contribution in [0.5, 0.6) is 0 Å². The number of allylic oxidation sites excluding steroid dienone is 1. The molecule has 0 bridgehead atoms. The fourth-order valence-electron chi connectivity index (χ4n) is 1.20. The summed E-state index contributed by atoms with van der Waals surface area (Å²) in [5, 5.41) is 3.62. The van der Waals surface area contributed by atoms with Gasteiger partial charge in [0.25, 0.3) is 0 Å². The van der Waals surface area contributed by atoms with Gasteiger partial charge in [0.1, 0.15) is 17.0 Å². The van der Waals surface area contributed by atoms with E-state index in [1.807, 2.05) is 0 Å². The maximum Gasteiger partial charge on any atom is 0.371 e. The molecule has 2 heterocycles. The molecule has 11 heavy (non-hydrogen) atoms. The average molecular weight is 153 g/mol. The Hall–Kier alpha value is -1.32. The first kappa shape index (κ1) is 6.39. The third-order valence-electron chi connectivity index (χ3n) is 1.74. The molecule has 2 aliphatic heterocycles. The van der Waals surface area contributed by atoms with E-state index in [-0.39, 0.29) is 0 Å². The maximum atomic E-state index is 10.9. The lowest BCUT2D eigenvalue weighted by Gasteiger charge is -2.12. The number of nitrogens with zero attached hydrogens (tertiary/aromatic N) is 1. The smallest absolute Gasteiger partial charge is 0.371 e. The number of hydrogen-bond acceptors (Lipinski definition) is 4. The number of hydrogen-bond donors (Lipinski definition) is 0. The summed E-state index contributed by atoms with van der Waals surface area (Å²) < 4.78 is 5.16. The minimum absolute atomic E-state index is 0.391. The summed E-state index contributed by atoms with van der Waals surface area (Å²) in [4.78, 5) is 15.4. The van der Waals surface area contributed by atoms with Crippen LogP contribution in [0.4, 0.5) is 0 Å². The Bertz CT molecular complexity index is 277. The van der Waals surface area contributed by atoms with Crippen molar-refractivity contribution in [2.24, 2.45) is 5.16 Å². The number of rotatable bonds is 0. The van der Waals surface area contributed by atoms with Crippen molar-refractivity contribution in [3.8, 4) is 0 Å². The van der Waals surface area contributed by atoms with E-state index in [0.29, 0.717) is 24.4 Å². The number of ether oxygens (including phenoxy) is 1. The highest BCUT2D eigenvalue weighted by Gasteiger charge is 2.31. The molecule has 2 aliphatic rings. The van der Waals surface area contributed by atoms with Gasteiger partial charge in [0.2, 0.25) is 0 Å². The molecule has 2 rings (SSSR count). The van der Waals surface area contributed by atoms with Gasteiger partial charge >= 0.3 is 5.97 Å². The van der Waals surface area contributed by atoms with Gasteiger partial charge in [-0.2, -0.15) is 0 Å². The molecule has 0 aliphatic carbocycles. The number of fused-ring (bicyclic) bond motifs is 1. The molecule has 0 fully saturated rings. The van der Waals surface area contributed by atoms with Crippen LogP contribution in [0, 0.1) is 0 Å². The fourth-order valence-corrected chi connectivity index (χ4v) is 1.20. The van der Waals surface area contributed by atoms with E-state index in [2.05, 4.69) is 9.99 Å². The van der Waals surface area contributed by atoms with Gasteiger partial charge in [-0.1, -0.05) is 5.16 Å². The van der Waals surface area contributed by atoms with Crippen LogP contribution in [0.2, 0.25) is 0 Å². The lowest BCUT2D eigenvalue weighted by molar-refractivity contribution is -0.137. The first-order chi connectivity index (χ1) is 5.29. The first-order valence-corrected chi connectivity index (χ1v) is 3.41. The summed E-state index contributed by atoms with van der Waals surface area (Å²) >= 11 is 0. The Balaban J connectivity index is 2.47. The number of oxime groups is 1. The van der Waals surface area contributed by atoms with Gasteiger partial charge < -0.3 is 9.57 Å². The Kier molecular flexibility index (Phi) is 1.21. The van der Waals surface area contributed by atoms with Gasteiger partial charge in [0, 0.05) is 6.42 Å². The highest BCUT2D eigenvalue weighted by Crippen LogP contribution is 2.22. The van der Waals surface area contributed by atoms with Crippen LogP contribution in [-0.2, 0) is 14.4 Å². The Morgan fingerprint density at radius 1 is 1.55 bits per heavy atom. The molecule has 0 aromatic rings. The molecule has 0 spiro atoms. The monoisotopic (exact) mass is 153 g/mol. The van der Waals surface area contributed by atoms with Crippen molar-refractivity contribution in [2.75, 3.05) is 6.61 Å². The standard InChI is InChI=1S/C7H7NO3/c1-4-6-5(2-3-10-4)8-11-7(6)9/h2-3H2,1H3. The van der Waals surface area contributed by atoms with E-state index in [1.165, 1.54) is 0 Å². The zero-order valence-electron chi connectivity index (χ0n) is 6.09. The molecule has 0 atom stereocenters. The second kappa shape index (κ2) is 2.08. The highest BCUT2D eigenvalue weighted by atomic mass is 16.7. The first-order valence-electron chi connectivity index (χ1n) is 3.41. The number of carbonyl (C=O) groups excluding carboxylic acids is 1. The zero-order chi connectivity index (χ0) is 7.84. The minimum Gasteiger partial charge on any atom is -0.497 e. The third-order valence-corrected chi connectivity index (χ3v) is 1.74. The molecule has 58 valence electrons. The highest BCUT2D eigenvalue weighted by molar-refractivity contribution is 6.22. The summed E-state index contributed by atoms with van der Waals surface area (Å²) in [5.74, 6) is 0.231. The van der Waals surface area contributed by atoms with Crippen molar-refractivity contribution in [3.63, 3.8) is 0 Å². The van der Waals surface area contributed by atoms with Crippen LogP contribution in [0.15, 0.2) is 16.5 Å². The van der Waals surface area contributed by atoms with Gasteiger partial charge in [0.05, 0.1) is 6.61 Å². The molecule has 4 heteroatoms. The van der Waals surface area contributed by atoms with Crippen LogP contribution >= 0.6 is 0 Å². The predicted molar refractivity (Wildman–Crippen MR) is 36.8 cm³/mol. The Morgan fingerprint density at radius 2 is 2.36 bits per heavy atom. The lowest BCUT2D eigenvalue weighted by atomic mass is 10.1. The second-order valence-electron chi connectivity index (χ2n) is 2.45. The summed E-state index contributed by atoms with van der Waals surface area (Å²) in [7, 11) is 0. The van der Waals surface area contributed by atoms with Crippen LogP contribution in [0.1, 0.15) is 13.3 Å². The van der Waals surface area contributed by atoms with E-state index >= 15 is 0 Å². The van der Waals surface area contributed by atoms with E-state index in [9.17, 15) is 4.79 Å². The largest absolute Gasteiger partial charge is 0.497 e. The summed E-state index contributed by atoms with van der Waals surface area (Å²) in [6.45, 7) is 2.33. The average Bonchev–Trinajstić information content (AvgIpc) is 2.34. The summed E-state index contributed by atoms with van der Waals surface area (Å²) in [5.41, 5.74) is 1.23. The van der Waals surface area contributed by atoms with Crippen LogP contribution < -0.4 is 0 Å². The fraction of sp³-hybridized carbons (Fsp3) is 0.429.